The molecule has 116 valence electrons. The topological polar surface area (TPSA) is 48.5 Å². The molecular weight excluding hydrogens is 284 g/mol. The lowest BCUT2D eigenvalue weighted by Gasteiger charge is -2.24. The summed E-state index contributed by atoms with van der Waals surface area (Å²) in [6.45, 7) is 7.69. The standard InChI is InChI=1S/C15H24N4OS/c1-12-17-13(11-21-12)10-18-6-3-7-19(9-8-18)15(20)14-4-2-5-16-14/h11,14,16H,2-10H2,1H3. The average Bonchev–Trinajstić information content (AvgIpc) is 3.08. The summed E-state index contributed by atoms with van der Waals surface area (Å²) in [5.74, 6) is 0.304. The molecule has 1 aromatic rings. The van der Waals surface area contributed by atoms with E-state index < -0.39 is 0 Å². The number of carbonyl (C=O) groups is 1. The molecule has 0 aromatic carbocycles. The van der Waals surface area contributed by atoms with Crippen molar-refractivity contribution in [1.82, 2.24) is 20.1 Å². The summed E-state index contributed by atoms with van der Waals surface area (Å²) in [7, 11) is 0. The van der Waals surface area contributed by atoms with Crippen LogP contribution in [0, 0.1) is 6.92 Å². The highest BCUT2D eigenvalue weighted by Gasteiger charge is 2.28. The monoisotopic (exact) mass is 308 g/mol. The summed E-state index contributed by atoms with van der Waals surface area (Å²) in [4.78, 5) is 21.5. The van der Waals surface area contributed by atoms with Gasteiger partial charge in [0.2, 0.25) is 5.91 Å². The normalized spacial score (nSPS) is 24.2. The van der Waals surface area contributed by atoms with Crippen molar-refractivity contribution in [2.24, 2.45) is 0 Å². The first-order chi connectivity index (χ1) is 10.2. The number of hydrogen-bond acceptors (Lipinski definition) is 5. The predicted molar refractivity (Wildman–Crippen MR) is 84.3 cm³/mol. The third-order valence-corrected chi connectivity index (χ3v) is 5.13. The van der Waals surface area contributed by atoms with E-state index in [1.807, 2.05) is 6.92 Å². The van der Waals surface area contributed by atoms with Crippen molar-refractivity contribution in [1.29, 1.82) is 0 Å². The summed E-state index contributed by atoms with van der Waals surface area (Å²) < 4.78 is 0. The van der Waals surface area contributed by atoms with Crippen molar-refractivity contribution in [3.05, 3.63) is 16.1 Å². The summed E-state index contributed by atoms with van der Waals surface area (Å²) in [6.07, 6.45) is 3.18. The number of aryl methyl sites for hydroxylation is 1. The Hall–Kier alpha value is -0.980. The highest BCUT2D eigenvalue weighted by molar-refractivity contribution is 7.09. The number of hydrogen-bond donors (Lipinski definition) is 1. The molecule has 1 amide bonds. The van der Waals surface area contributed by atoms with Gasteiger partial charge in [-0.25, -0.2) is 4.98 Å². The van der Waals surface area contributed by atoms with E-state index in [2.05, 4.69) is 25.5 Å². The number of thiazole rings is 1. The molecule has 3 rings (SSSR count). The molecule has 1 atom stereocenters. The van der Waals surface area contributed by atoms with Crippen LogP contribution >= 0.6 is 11.3 Å². The fraction of sp³-hybridized carbons (Fsp3) is 0.733. The van der Waals surface area contributed by atoms with Gasteiger partial charge < -0.3 is 10.2 Å². The zero-order chi connectivity index (χ0) is 14.7. The van der Waals surface area contributed by atoms with Gasteiger partial charge in [-0.3, -0.25) is 9.69 Å². The minimum atomic E-state index is 0.0674. The van der Waals surface area contributed by atoms with Crippen molar-refractivity contribution in [2.75, 3.05) is 32.7 Å². The molecule has 5 nitrogen and oxygen atoms in total. The van der Waals surface area contributed by atoms with Crippen LogP contribution in [-0.4, -0.2) is 59.5 Å². The third kappa shape index (κ3) is 3.81. The highest BCUT2D eigenvalue weighted by atomic mass is 32.1. The lowest BCUT2D eigenvalue weighted by Crippen LogP contribution is -2.45. The lowest BCUT2D eigenvalue weighted by atomic mass is 10.2. The van der Waals surface area contributed by atoms with E-state index in [1.165, 1.54) is 0 Å². The fourth-order valence-corrected chi connectivity index (χ4v) is 3.78. The van der Waals surface area contributed by atoms with Crippen molar-refractivity contribution < 1.29 is 4.79 Å². The Labute approximate surface area is 130 Å². The van der Waals surface area contributed by atoms with E-state index in [1.54, 1.807) is 11.3 Å². The van der Waals surface area contributed by atoms with Gasteiger partial charge in [0.25, 0.3) is 0 Å². The van der Waals surface area contributed by atoms with Gasteiger partial charge in [0.15, 0.2) is 0 Å². The summed E-state index contributed by atoms with van der Waals surface area (Å²) in [5, 5.41) is 6.59. The van der Waals surface area contributed by atoms with Crippen LogP contribution in [0.3, 0.4) is 0 Å². The minimum Gasteiger partial charge on any atom is -0.340 e. The Morgan fingerprint density at radius 2 is 2.29 bits per heavy atom. The van der Waals surface area contributed by atoms with Crippen LogP contribution in [0.15, 0.2) is 5.38 Å². The number of aromatic nitrogens is 1. The van der Waals surface area contributed by atoms with Crippen LogP contribution < -0.4 is 5.32 Å². The Kier molecular flexibility index (Phi) is 4.87. The number of rotatable bonds is 3. The first kappa shape index (κ1) is 14.9. The molecule has 2 fully saturated rings. The maximum atomic E-state index is 12.5. The molecule has 2 aliphatic rings. The van der Waals surface area contributed by atoms with Crippen LogP contribution in [0.25, 0.3) is 0 Å². The second-order valence-corrected chi connectivity index (χ2v) is 7.02. The molecular formula is C15H24N4OS. The van der Waals surface area contributed by atoms with Crippen molar-refractivity contribution in [3.63, 3.8) is 0 Å². The molecule has 1 N–H and O–H groups in total. The molecule has 2 aliphatic heterocycles. The first-order valence-corrected chi connectivity index (χ1v) is 8.76. The smallest absolute Gasteiger partial charge is 0.239 e. The van der Waals surface area contributed by atoms with E-state index in [-0.39, 0.29) is 6.04 Å². The molecule has 0 bridgehead atoms. The van der Waals surface area contributed by atoms with Gasteiger partial charge in [-0.05, 0) is 32.7 Å². The maximum Gasteiger partial charge on any atom is 0.239 e. The van der Waals surface area contributed by atoms with Gasteiger partial charge in [-0.2, -0.15) is 0 Å². The van der Waals surface area contributed by atoms with Gasteiger partial charge in [0, 0.05) is 38.1 Å². The Balaban J connectivity index is 1.52. The maximum absolute atomic E-state index is 12.5. The predicted octanol–water partition coefficient (Wildman–Crippen LogP) is 1.24. The molecule has 21 heavy (non-hydrogen) atoms. The van der Waals surface area contributed by atoms with E-state index in [0.717, 1.165) is 69.2 Å². The summed E-state index contributed by atoms with van der Waals surface area (Å²) >= 11 is 1.71. The molecule has 0 saturated carbocycles. The molecule has 1 unspecified atom stereocenters. The zero-order valence-corrected chi connectivity index (χ0v) is 13.5. The van der Waals surface area contributed by atoms with E-state index in [0.29, 0.717) is 5.91 Å². The van der Waals surface area contributed by atoms with Crippen molar-refractivity contribution in [2.45, 2.75) is 38.8 Å². The average molecular weight is 308 g/mol. The number of carbonyl (C=O) groups excluding carboxylic acids is 1. The SMILES string of the molecule is Cc1nc(CN2CCCN(C(=O)C3CCCN3)CC2)cs1. The molecule has 3 heterocycles. The quantitative estimate of drug-likeness (QED) is 0.913. The lowest BCUT2D eigenvalue weighted by molar-refractivity contribution is -0.132. The number of amides is 1. The van der Waals surface area contributed by atoms with Crippen molar-refractivity contribution >= 4 is 17.2 Å². The van der Waals surface area contributed by atoms with E-state index in [4.69, 9.17) is 0 Å². The van der Waals surface area contributed by atoms with Gasteiger partial charge >= 0.3 is 0 Å². The van der Waals surface area contributed by atoms with Crippen LogP contribution in [-0.2, 0) is 11.3 Å². The largest absolute Gasteiger partial charge is 0.340 e. The van der Waals surface area contributed by atoms with Gasteiger partial charge in [-0.15, -0.1) is 11.3 Å². The van der Waals surface area contributed by atoms with Crippen LogP contribution in [0.5, 0.6) is 0 Å². The third-order valence-electron chi connectivity index (χ3n) is 4.31. The van der Waals surface area contributed by atoms with Gasteiger partial charge in [0.1, 0.15) is 0 Å². The molecule has 0 radical (unpaired) electrons. The molecule has 0 spiro atoms. The molecule has 6 heteroatoms. The van der Waals surface area contributed by atoms with E-state index >= 15 is 0 Å². The molecule has 2 saturated heterocycles. The second-order valence-electron chi connectivity index (χ2n) is 5.96. The fourth-order valence-electron chi connectivity index (χ4n) is 3.18. The van der Waals surface area contributed by atoms with Crippen LogP contribution in [0.4, 0.5) is 0 Å². The van der Waals surface area contributed by atoms with Gasteiger partial charge in [0.05, 0.1) is 16.7 Å². The Bertz CT molecular complexity index is 484. The van der Waals surface area contributed by atoms with Crippen LogP contribution in [0.2, 0.25) is 0 Å². The minimum absolute atomic E-state index is 0.0674. The van der Waals surface area contributed by atoms with Crippen molar-refractivity contribution in [3.8, 4) is 0 Å². The number of nitrogens with zero attached hydrogens (tertiary/aromatic N) is 3. The van der Waals surface area contributed by atoms with Crippen LogP contribution in [0.1, 0.15) is 30.0 Å². The first-order valence-electron chi connectivity index (χ1n) is 7.88. The van der Waals surface area contributed by atoms with E-state index in [9.17, 15) is 4.79 Å². The summed E-state index contributed by atoms with van der Waals surface area (Å²) in [6, 6.07) is 0.0674. The summed E-state index contributed by atoms with van der Waals surface area (Å²) in [5.41, 5.74) is 1.16. The highest BCUT2D eigenvalue weighted by Crippen LogP contribution is 2.14. The zero-order valence-electron chi connectivity index (χ0n) is 12.7. The number of nitrogens with one attached hydrogen (secondary N) is 1. The van der Waals surface area contributed by atoms with Gasteiger partial charge in [-0.1, -0.05) is 0 Å². The molecule has 0 aliphatic carbocycles. The second kappa shape index (κ2) is 6.85. The molecule has 1 aromatic heterocycles. The Morgan fingerprint density at radius 1 is 1.38 bits per heavy atom. The Morgan fingerprint density at radius 3 is 3.00 bits per heavy atom.